The van der Waals surface area contributed by atoms with E-state index < -0.39 is 0 Å². The molecule has 1 fully saturated rings. The van der Waals surface area contributed by atoms with Gasteiger partial charge in [0.15, 0.2) is 10.9 Å². The predicted molar refractivity (Wildman–Crippen MR) is 114 cm³/mol. The van der Waals surface area contributed by atoms with E-state index in [2.05, 4.69) is 55.6 Å². The molecule has 1 atom stereocenters. The number of fused-ring (bicyclic) bond motifs is 1. The van der Waals surface area contributed by atoms with E-state index in [9.17, 15) is 0 Å². The summed E-state index contributed by atoms with van der Waals surface area (Å²) in [4.78, 5) is 14.4. The van der Waals surface area contributed by atoms with Crippen LogP contribution in [0.5, 0.6) is 0 Å². The van der Waals surface area contributed by atoms with E-state index in [4.69, 9.17) is 4.99 Å². The fourth-order valence-electron chi connectivity index (χ4n) is 3.49. The number of hydrogen-bond donors (Lipinski definition) is 2. The number of thiophene rings is 1. The molecule has 0 aliphatic carbocycles. The molecule has 1 saturated heterocycles. The molecule has 144 valence electrons. The zero-order chi connectivity index (χ0) is 18.5. The van der Waals surface area contributed by atoms with Gasteiger partial charge in [-0.05, 0) is 44.3 Å². The number of likely N-dealkylation sites (tertiary alicyclic amines) is 1. The van der Waals surface area contributed by atoms with Crippen LogP contribution in [0.4, 0.5) is 0 Å². The number of guanidine groups is 1. The third-order valence-electron chi connectivity index (χ3n) is 4.80. The normalized spacial score (nSPS) is 16.9. The van der Waals surface area contributed by atoms with Gasteiger partial charge >= 0.3 is 0 Å². The fourth-order valence-corrected chi connectivity index (χ4v) is 5.07. The maximum atomic E-state index is 4.75. The molecule has 0 bridgehead atoms. The lowest BCUT2D eigenvalue weighted by molar-refractivity contribution is 0.249. The van der Waals surface area contributed by atoms with Crippen molar-refractivity contribution < 1.29 is 0 Å². The van der Waals surface area contributed by atoms with Crippen LogP contribution in [0.15, 0.2) is 40.3 Å². The van der Waals surface area contributed by atoms with Crippen molar-refractivity contribution in [3.63, 3.8) is 0 Å². The molecule has 1 aliphatic heterocycles. The van der Waals surface area contributed by atoms with Gasteiger partial charge in [0.2, 0.25) is 0 Å². The van der Waals surface area contributed by atoms with Crippen molar-refractivity contribution in [2.24, 2.45) is 4.99 Å². The lowest BCUT2D eigenvalue weighted by Gasteiger charge is -2.27. The highest BCUT2D eigenvalue weighted by Crippen LogP contribution is 2.27. The standard InChI is InChI=1S/C19H26N6S2/c1-2-20-18(21-12-15-14-25-9-11-27-19(25)23-15)22-13-16(17-6-5-10-26-17)24-7-3-4-8-24/h5-6,9-11,14,16H,2-4,7-8,12-13H2,1H3,(H2,20,21,22). The first-order valence-corrected chi connectivity index (χ1v) is 11.3. The molecule has 3 aromatic rings. The number of hydrogen-bond acceptors (Lipinski definition) is 5. The maximum absolute atomic E-state index is 4.75. The first-order valence-electron chi connectivity index (χ1n) is 9.54. The summed E-state index contributed by atoms with van der Waals surface area (Å²) in [6.45, 7) is 6.76. The molecule has 2 N–H and O–H groups in total. The van der Waals surface area contributed by atoms with E-state index in [0.717, 1.165) is 29.7 Å². The Labute approximate surface area is 168 Å². The molecule has 27 heavy (non-hydrogen) atoms. The van der Waals surface area contributed by atoms with Crippen LogP contribution in [0.3, 0.4) is 0 Å². The van der Waals surface area contributed by atoms with Gasteiger partial charge in [0, 0.05) is 35.7 Å². The number of nitrogens with zero attached hydrogens (tertiary/aromatic N) is 4. The van der Waals surface area contributed by atoms with Crippen LogP contribution in [-0.4, -0.2) is 46.4 Å². The smallest absolute Gasteiger partial charge is 0.193 e. The van der Waals surface area contributed by atoms with Gasteiger partial charge in [-0.15, -0.1) is 22.7 Å². The van der Waals surface area contributed by atoms with Crippen LogP contribution in [0.1, 0.15) is 36.4 Å². The topological polar surface area (TPSA) is 57.0 Å². The second kappa shape index (κ2) is 8.86. The number of aliphatic imine (C=N–C) groups is 1. The van der Waals surface area contributed by atoms with Gasteiger partial charge in [-0.3, -0.25) is 9.30 Å². The summed E-state index contributed by atoms with van der Waals surface area (Å²) < 4.78 is 2.05. The van der Waals surface area contributed by atoms with E-state index in [1.54, 1.807) is 11.3 Å². The average Bonchev–Trinajstić information content (AvgIpc) is 3.44. The Hall–Kier alpha value is -1.90. The molecule has 3 aromatic heterocycles. The Kier molecular flexibility index (Phi) is 6.06. The maximum Gasteiger partial charge on any atom is 0.193 e. The number of thiazole rings is 1. The molecule has 0 spiro atoms. The van der Waals surface area contributed by atoms with Crippen molar-refractivity contribution in [1.29, 1.82) is 0 Å². The average molecular weight is 403 g/mol. The van der Waals surface area contributed by atoms with Gasteiger partial charge in [-0.1, -0.05) is 6.07 Å². The minimum atomic E-state index is 0.411. The molecular formula is C19H26N6S2. The molecule has 6 nitrogen and oxygen atoms in total. The van der Waals surface area contributed by atoms with Gasteiger partial charge in [-0.2, -0.15) is 0 Å². The van der Waals surface area contributed by atoms with E-state index in [0.29, 0.717) is 12.6 Å². The summed E-state index contributed by atoms with van der Waals surface area (Å²) in [6.07, 6.45) is 6.68. The minimum absolute atomic E-state index is 0.411. The summed E-state index contributed by atoms with van der Waals surface area (Å²) in [5, 5.41) is 11.1. The van der Waals surface area contributed by atoms with Crippen molar-refractivity contribution in [2.45, 2.75) is 32.4 Å². The van der Waals surface area contributed by atoms with E-state index in [1.165, 1.54) is 30.8 Å². The van der Waals surface area contributed by atoms with Crippen LogP contribution in [0.25, 0.3) is 4.96 Å². The van der Waals surface area contributed by atoms with Crippen molar-refractivity contribution in [1.82, 2.24) is 24.9 Å². The highest BCUT2D eigenvalue weighted by Gasteiger charge is 2.24. The van der Waals surface area contributed by atoms with Crippen LogP contribution in [0.2, 0.25) is 0 Å². The van der Waals surface area contributed by atoms with Crippen LogP contribution >= 0.6 is 22.7 Å². The minimum Gasteiger partial charge on any atom is -0.357 e. The fraction of sp³-hybridized carbons (Fsp3) is 0.474. The molecule has 4 heterocycles. The highest BCUT2D eigenvalue weighted by molar-refractivity contribution is 7.15. The third-order valence-corrected chi connectivity index (χ3v) is 6.55. The van der Waals surface area contributed by atoms with Crippen molar-refractivity contribution in [2.75, 3.05) is 26.2 Å². The number of rotatable bonds is 7. The van der Waals surface area contributed by atoms with Gasteiger partial charge in [0.25, 0.3) is 0 Å². The first-order chi connectivity index (χ1) is 13.3. The van der Waals surface area contributed by atoms with Gasteiger partial charge in [0.05, 0.1) is 18.3 Å². The Bertz CT molecular complexity index is 831. The summed E-state index contributed by atoms with van der Waals surface area (Å²) in [7, 11) is 0. The second-order valence-corrected chi connectivity index (χ2v) is 8.53. The van der Waals surface area contributed by atoms with E-state index >= 15 is 0 Å². The van der Waals surface area contributed by atoms with Crippen LogP contribution in [0, 0.1) is 0 Å². The van der Waals surface area contributed by atoms with Gasteiger partial charge in [0.1, 0.15) is 0 Å². The highest BCUT2D eigenvalue weighted by atomic mass is 32.1. The molecule has 0 radical (unpaired) electrons. The zero-order valence-corrected chi connectivity index (χ0v) is 17.2. The van der Waals surface area contributed by atoms with Crippen LogP contribution in [-0.2, 0) is 6.54 Å². The summed E-state index contributed by atoms with van der Waals surface area (Å²) in [6, 6.07) is 4.80. The molecule has 4 rings (SSSR count). The largest absolute Gasteiger partial charge is 0.357 e. The molecule has 8 heteroatoms. The van der Waals surface area contributed by atoms with Crippen molar-refractivity contribution in [3.8, 4) is 0 Å². The number of aromatic nitrogens is 2. The molecule has 0 amide bonds. The molecule has 0 aromatic carbocycles. The van der Waals surface area contributed by atoms with E-state index in [1.807, 2.05) is 22.9 Å². The van der Waals surface area contributed by atoms with E-state index in [-0.39, 0.29) is 0 Å². The molecule has 0 saturated carbocycles. The molecule has 1 aliphatic rings. The summed E-state index contributed by atoms with van der Waals surface area (Å²) in [5.74, 6) is 0.856. The number of nitrogens with one attached hydrogen (secondary N) is 2. The Morgan fingerprint density at radius 2 is 2.15 bits per heavy atom. The lowest BCUT2D eigenvalue weighted by atomic mass is 10.2. The third kappa shape index (κ3) is 4.51. The summed E-state index contributed by atoms with van der Waals surface area (Å²) in [5.41, 5.74) is 0.994. The number of imidazole rings is 1. The Morgan fingerprint density at radius 1 is 1.26 bits per heavy atom. The SMILES string of the molecule is CCNC(=NCc1cn2ccsc2n1)NCC(c1cccs1)N1CCCC1. The lowest BCUT2D eigenvalue weighted by Crippen LogP contribution is -2.42. The Morgan fingerprint density at radius 3 is 2.89 bits per heavy atom. The predicted octanol–water partition coefficient (Wildman–Crippen LogP) is 3.35. The Balaban J connectivity index is 1.42. The molecular weight excluding hydrogens is 376 g/mol. The van der Waals surface area contributed by atoms with Gasteiger partial charge < -0.3 is 10.6 Å². The monoisotopic (exact) mass is 402 g/mol. The second-order valence-electron chi connectivity index (χ2n) is 6.68. The first kappa shape index (κ1) is 18.5. The molecule has 1 unspecified atom stereocenters. The van der Waals surface area contributed by atoms with Gasteiger partial charge in [-0.25, -0.2) is 9.98 Å². The van der Waals surface area contributed by atoms with Crippen molar-refractivity contribution in [3.05, 3.63) is 45.9 Å². The van der Waals surface area contributed by atoms with Crippen molar-refractivity contribution >= 4 is 33.6 Å². The zero-order valence-electron chi connectivity index (χ0n) is 15.6. The van der Waals surface area contributed by atoms with Crippen LogP contribution < -0.4 is 10.6 Å². The quantitative estimate of drug-likeness (QED) is 0.470. The summed E-state index contributed by atoms with van der Waals surface area (Å²) >= 11 is 3.49.